The van der Waals surface area contributed by atoms with Gasteiger partial charge in [0, 0.05) is 30.4 Å². The Hall–Kier alpha value is -3.09. The van der Waals surface area contributed by atoms with Crippen LogP contribution in [-0.2, 0) is 0 Å². The second-order valence-electron chi connectivity index (χ2n) is 4.43. The first-order valence-electron chi connectivity index (χ1n) is 6.36. The summed E-state index contributed by atoms with van der Waals surface area (Å²) in [4.78, 5) is 19.8. The summed E-state index contributed by atoms with van der Waals surface area (Å²) in [6.45, 7) is 0. The summed E-state index contributed by atoms with van der Waals surface area (Å²) in [5, 5.41) is 6.70. The summed E-state index contributed by atoms with van der Waals surface area (Å²) in [5.74, 6) is 0.991. The third-order valence-electron chi connectivity index (χ3n) is 3.12. The number of nitrogens with two attached hydrogens (primary N) is 1. The number of nitrogens with one attached hydrogen (secondary N) is 2. The number of carbonyl (C=O) groups excluding carboxylic acids is 1. The number of nitrogen functional groups attached to an aromatic ring is 1. The van der Waals surface area contributed by atoms with Crippen LogP contribution in [0.1, 0.15) is 0 Å². The molecule has 0 saturated carbocycles. The van der Waals surface area contributed by atoms with E-state index in [9.17, 15) is 4.79 Å². The number of hydrogen-bond acceptors (Lipinski definition) is 5. The average molecular weight is 282 g/mol. The predicted molar refractivity (Wildman–Crippen MR) is 81.5 cm³/mol. The first kappa shape index (κ1) is 12.9. The van der Waals surface area contributed by atoms with Gasteiger partial charge < -0.3 is 16.4 Å². The zero-order chi connectivity index (χ0) is 14.8. The highest BCUT2D eigenvalue weighted by Crippen LogP contribution is 2.26. The zero-order valence-corrected chi connectivity index (χ0v) is 11.4. The highest BCUT2D eigenvalue weighted by Gasteiger charge is 2.10. The maximum absolute atomic E-state index is 11.8. The van der Waals surface area contributed by atoms with E-state index in [2.05, 4.69) is 20.6 Å². The van der Waals surface area contributed by atoms with E-state index in [4.69, 9.17) is 5.73 Å². The van der Waals surface area contributed by atoms with Crippen LogP contribution in [0.5, 0.6) is 0 Å². The number of hydrogen-bond donors (Lipinski definition) is 3. The molecular weight excluding hydrogens is 268 g/mol. The van der Waals surface area contributed by atoms with E-state index in [0.717, 1.165) is 16.6 Å². The minimum absolute atomic E-state index is 0.187. The SMILES string of the molecule is CNC(=O)n1ccc2c(Nc3cc(N)ncn3)cccc21. The number of benzene rings is 1. The number of amides is 1. The van der Waals surface area contributed by atoms with Crippen molar-refractivity contribution in [1.82, 2.24) is 19.9 Å². The number of nitrogens with zero attached hydrogens (tertiary/aromatic N) is 3. The van der Waals surface area contributed by atoms with Gasteiger partial charge in [-0.15, -0.1) is 0 Å². The largest absolute Gasteiger partial charge is 0.384 e. The number of anilines is 3. The number of fused-ring (bicyclic) bond motifs is 1. The number of rotatable bonds is 2. The van der Waals surface area contributed by atoms with Gasteiger partial charge in [0.15, 0.2) is 0 Å². The minimum Gasteiger partial charge on any atom is -0.384 e. The van der Waals surface area contributed by atoms with E-state index in [1.54, 1.807) is 23.9 Å². The molecule has 2 aromatic heterocycles. The van der Waals surface area contributed by atoms with Crippen molar-refractivity contribution in [3.05, 3.63) is 42.9 Å². The van der Waals surface area contributed by atoms with Crippen LogP contribution in [-0.4, -0.2) is 27.6 Å². The topological polar surface area (TPSA) is 97.9 Å². The van der Waals surface area contributed by atoms with Crippen molar-refractivity contribution >= 4 is 34.3 Å². The lowest BCUT2D eigenvalue weighted by atomic mass is 10.2. The molecule has 7 nitrogen and oxygen atoms in total. The van der Waals surface area contributed by atoms with Crippen LogP contribution in [0.25, 0.3) is 10.9 Å². The molecule has 0 spiro atoms. The van der Waals surface area contributed by atoms with E-state index >= 15 is 0 Å². The minimum atomic E-state index is -0.187. The smallest absolute Gasteiger partial charge is 0.325 e. The Kier molecular flexibility index (Phi) is 3.15. The van der Waals surface area contributed by atoms with Gasteiger partial charge in [-0.2, -0.15) is 0 Å². The summed E-state index contributed by atoms with van der Waals surface area (Å²) < 4.78 is 1.55. The van der Waals surface area contributed by atoms with Crippen molar-refractivity contribution in [1.29, 1.82) is 0 Å². The van der Waals surface area contributed by atoms with Gasteiger partial charge in [0.2, 0.25) is 0 Å². The van der Waals surface area contributed by atoms with E-state index in [-0.39, 0.29) is 6.03 Å². The van der Waals surface area contributed by atoms with Gasteiger partial charge in [0.1, 0.15) is 18.0 Å². The van der Waals surface area contributed by atoms with Crippen molar-refractivity contribution in [3.63, 3.8) is 0 Å². The fourth-order valence-electron chi connectivity index (χ4n) is 2.15. The third kappa shape index (κ3) is 2.36. The summed E-state index contributed by atoms with van der Waals surface area (Å²) in [7, 11) is 1.60. The predicted octanol–water partition coefficient (Wildman–Crippen LogP) is 1.94. The highest BCUT2D eigenvalue weighted by molar-refractivity contribution is 5.99. The standard InChI is InChI=1S/C14H14N6O/c1-16-14(21)20-6-5-9-10(3-2-4-11(9)20)19-13-7-12(15)17-8-18-13/h2-8H,1H3,(H,16,21)(H3,15,17,18,19). The molecule has 2 heterocycles. The highest BCUT2D eigenvalue weighted by atomic mass is 16.2. The Labute approximate surface area is 120 Å². The maximum atomic E-state index is 11.8. The lowest BCUT2D eigenvalue weighted by Crippen LogP contribution is -2.23. The van der Waals surface area contributed by atoms with Gasteiger partial charge in [-0.05, 0) is 18.2 Å². The summed E-state index contributed by atoms with van der Waals surface area (Å²) in [5.41, 5.74) is 7.29. The quantitative estimate of drug-likeness (QED) is 0.667. The van der Waals surface area contributed by atoms with E-state index in [1.807, 2.05) is 24.3 Å². The second-order valence-corrected chi connectivity index (χ2v) is 4.43. The molecule has 0 saturated heterocycles. The number of aromatic nitrogens is 3. The van der Waals surface area contributed by atoms with Crippen molar-refractivity contribution in [2.45, 2.75) is 0 Å². The second kappa shape index (κ2) is 5.12. The molecule has 1 aromatic carbocycles. The van der Waals surface area contributed by atoms with Crippen molar-refractivity contribution in [2.24, 2.45) is 0 Å². The van der Waals surface area contributed by atoms with Gasteiger partial charge in [-0.3, -0.25) is 4.57 Å². The molecule has 0 radical (unpaired) electrons. The fourth-order valence-corrected chi connectivity index (χ4v) is 2.15. The average Bonchev–Trinajstić information content (AvgIpc) is 2.91. The molecule has 106 valence electrons. The van der Waals surface area contributed by atoms with Crippen molar-refractivity contribution in [3.8, 4) is 0 Å². The first-order chi connectivity index (χ1) is 10.2. The van der Waals surface area contributed by atoms with Crippen LogP contribution in [0.15, 0.2) is 42.9 Å². The molecule has 21 heavy (non-hydrogen) atoms. The van der Waals surface area contributed by atoms with Gasteiger partial charge in [0.05, 0.1) is 5.52 Å². The van der Waals surface area contributed by atoms with Crippen LogP contribution in [0.3, 0.4) is 0 Å². The summed E-state index contributed by atoms with van der Waals surface area (Å²) in [6.07, 6.45) is 3.12. The van der Waals surface area contributed by atoms with Crippen LogP contribution in [0.4, 0.5) is 22.1 Å². The van der Waals surface area contributed by atoms with Crippen molar-refractivity contribution < 1.29 is 4.79 Å². The van der Waals surface area contributed by atoms with Crippen molar-refractivity contribution in [2.75, 3.05) is 18.1 Å². The third-order valence-corrected chi connectivity index (χ3v) is 3.12. The molecule has 3 rings (SSSR count). The van der Waals surface area contributed by atoms with Crippen LogP contribution >= 0.6 is 0 Å². The van der Waals surface area contributed by atoms with Gasteiger partial charge in [0.25, 0.3) is 0 Å². The zero-order valence-electron chi connectivity index (χ0n) is 11.4. The lowest BCUT2D eigenvalue weighted by Gasteiger charge is -2.08. The Bertz CT molecular complexity index is 810. The van der Waals surface area contributed by atoms with Crippen LogP contribution in [0.2, 0.25) is 0 Å². The Balaban J connectivity index is 2.04. The summed E-state index contributed by atoms with van der Waals surface area (Å²) >= 11 is 0. The molecule has 0 aliphatic carbocycles. The maximum Gasteiger partial charge on any atom is 0.325 e. The molecule has 7 heteroatoms. The first-order valence-corrected chi connectivity index (χ1v) is 6.36. The van der Waals surface area contributed by atoms with Gasteiger partial charge >= 0.3 is 6.03 Å². The van der Waals surface area contributed by atoms with E-state index in [1.165, 1.54) is 6.33 Å². The Morgan fingerprint density at radius 3 is 2.90 bits per heavy atom. The Morgan fingerprint density at radius 1 is 1.29 bits per heavy atom. The molecule has 0 aliphatic rings. The van der Waals surface area contributed by atoms with Crippen LogP contribution < -0.4 is 16.4 Å². The molecule has 3 aromatic rings. The van der Waals surface area contributed by atoms with E-state index in [0.29, 0.717) is 11.6 Å². The molecule has 0 bridgehead atoms. The molecule has 0 atom stereocenters. The lowest BCUT2D eigenvalue weighted by molar-refractivity contribution is 0.245. The van der Waals surface area contributed by atoms with Crippen LogP contribution in [0, 0.1) is 0 Å². The normalized spacial score (nSPS) is 10.5. The molecule has 0 unspecified atom stereocenters. The van der Waals surface area contributed by atoms with E-state index < -0.39 is 0 Å². The van der Waals surface area contributed by atoms with Gasteiger partial charge in [-0.25, -0.2) is 14.8 Å². The number of carbonyl (C=O) groups is 1. The molecule has 1 amide bonds. The molecular formula is C14H14N6O. The Morgan fingerprint density at radius 2 is 2.14 bits per heavy atom. The van der Waals surface area contributed by atoms with Gasteiger partial charge in [-0.1, -0.05) is 6.07 Å². The summed E-state index contributed by atoms with van der Waals surface area (Å²) in [6, 6.07) is 8.99. The molecule has 4 N–H and O–H groups in total. The molecule has 0 aliphatic heterocycles. The molecule has 0 fully saturated rings. The monoisotopic (exact) mass is 282 g/mol. The fraction of sp³-hybridized carbons (Fsp3) is 0.0714.